The molecule has 4 rings (SSSR count). The first-order valence-corrected chi connectivity index (χ1v) is 10.4. The van der Waals surface area contributed by atoms with Crippen molar-refractivity contribution in [1.82, 2.24) is 14.7 Å². The highest BCUT2D eigenvalue weighted by Crippen LogP contribution is 2.33. The van der Waals surface area contributed by atoms with Crippen LogP contribution in [0.4, 0.5) is 0 Å². The van der Waals surface area contributed by atoms with Crippen LogP contribution >= 0.6 is 0 Å². The smallest absolute Gasteiger partial charge is 0.289 e. The van der Waals surface area contributed by atoms with Gasteiger partial charge in [0.15, 0.2) is 5.76 Å². The number of ether oxygens (including phenoxy) is 1. The lowest BCUT2D eigenvalue weighted by Gasteiger charge is -2.49. The second kappa shape index (κ2) is 8.62. The van der Waals surface area contributed by atoms with E-state index in [2.05, 4.69) is 4.90 Å². The van der Waals surface area contributed by atoms with Crippen molar-refractivity contribution in [1.29, 1.82) is 0 Å². The highest BCUT2D eigenvalue weighted by atomic mass is 16.5. The van der Waals surface area contributed by atoms with Crippen LogP contribution in [0.25, 0.3) is 0 Å². The Morgan fingerprint density at radius 2 is 1.87 bits per heavy atom. The Hall–Kier alpha value is -2.64. The second-order valence-electron chi connectivity index (χ2n) is 8.44. The molecule has 3 heterocycles. The third kappa shape index (κ3) is 4.42. The maximum atomic E-state index is 13.1. The zero-order chi connectivity index (χ0) is 21.1. The summed E-state index contributed by atoms with van der Waals surface area (Å²) in [5.74, 6) is 0.274. The SMILES string of the molecule is CN1CC(C(=O)N(C)Cc2ccccc2)OC2(CCN(C(=O)c3ccco3)CC2)C1. The summed E-state index contributed by atoms with van der Waals surface area (Å²) in [6, 6.07) is 13.4. The van der Waals surface area contributed by atoms with E-state index in [0.29, 0.717) is 44.8 Å². The average Bonchev–Trinajstić information content (AvgIpc) is 3.28. The standard InChI is InChI=1S/C23H29N3O4/c1-24-16-20(21(27)25(2)15-18-7-4-3-5-8-18)30-23(17-24)10-12-26(13-11-23)22(28)19-9-6-14-29-19/h3-9,14,20H,10-13,15-17H2,1-2H3. The van der Waals surface area contributed by atoms with E-state index in [1.54, 1.807) is 21.9 Å². The summed E-state index contributed by atoms with van der Waals surface area (Å²) in [5, 5.41) is 0. The summed E-state index contributed by atoms with van der Waals surface area (Å²) in [6.07, 6.45) is 2.43. The fourth-order valence-corrected chi connectivity index (χ4v) is 4.47. The molecular formula is C23H29N3O4. The second-order valence-corrected chi connectivity index (χ2v) is 8.44. The summed E-state index contributed by atoms with van der Waals surface area (Å²) in [6.45, 7) is 3.08. The van der Waals surface area contributed by atoms with E-state index in [9.17, 15) is 9.59 Å². The number of carbonyl (C=O) groups excluding carboxylic acids is 2. The number of carbonyl (C=O) groups is 2. The van der Waals surface area contributed by atoms with Crippen molar-refractivity contribution in [2.75, 3.05) is 40.3 Å². The van der Waals surface area contributed by atoms with Gasteiger partial charge in [-0.1, -0.05) is 30.3 Å². The zero-order valence-electron chi connectivity index (χ0n) is 17.6. The predicted octanol–water partition coefficient (Wildman–Crippen LogP) is 2.24. The number of piperidine rings is 1. The maximum absolute atomic E-state index is 13.1. The van der Waals surface area contributed by atoms with Crippen molar-refractivity contribution in [2.24, 2.45) is 0 Å². The van der Waals surface area contributed by atoms with E-state index < -0.39 is 11.7 Å². The number of amides is 2. The molecule has 0 N–H and O–H groups in total. The molecule has 7 nitrogen and oxygen atoms in total. The number of hydrogen-bond acceptors (Lipinski definition) is 5. The maximum Gasteiger partial charge on any atom is 0.289 e. The molecule has 30 heavy (non-hydrogen) atoms. The monoisotopic (exact) mass is 411 g/mol. The molecule has 0 saturated carbocycles. The minimum atomic E-state index is -0.496. The van der Waals surface area contributed by atoms with Crippen LogP contribution in [0.2, 0.25) is 0 Å². The van der Waals surface area contributed by atoms with E-state index in [1.807, 2.05) is 44.4 Å². The number of likely N-dealkylation sites (tertiary alicyclic amines) is 1. The number of likely N-dealkylation sites (N-methyl/N-ethyl adjacent to an activating group) is 2. The molecular weight excluding hydrogens is 382 g/mol. The Bertz CT molecular complexity index is 860. The summed E-state index contributed by atoms with van der Waals surface area (Å²) in [4.78, 5) is 31.4. The lowest BCUT2D eigenvalue weighted by atomic mass is 9.88. The van der Waals surface area contributed by atoms with E-state index in [-0.39, 0.29) is 11.8 Å². The van der Waals surface area contributed by atoms with Crippen molar-refractivity contribution < 1.29 is 18.7 Å². The molecule has 2 aliphatic rings. The molecule has 160 valence electrons. The average molecular weight is 412 g/mol. The highest BCUT2D eigenvalue weighted by Gasteiger charge is 2.45. The number of morpholine rings is 1. The topological polar surface area (TPSA) is 66.2 Å². The minimum absolute atomic E-state index is 0.00105. The number of hydrogen-bond donors (Lipinski definition) is 0. The molecule has 1 spiro atoms. The lowest BCUT2D eigenvalue weighted by Crippen LogP contribution is -2.61. The van der Waals surface area contributed by atoms with Crippen LogP contribution in [-0.4, -0.2) is 78.5 Å². The minimum Gasteiger partial charge on any atom is -0.459 e. The van der Waals surface area contributed by atoms with Crippen LogP contribution in [0.1, 0.15) is 29.0 Å². The van der Waals surface area contributed by atoms with Gasteiger partial charge in [0.25, 0.3) is 11.8 Å². The van der Waals surface area contributed by atoms with Gasteiger partial charge in [-0.25, -0.2) is 0 Å². The van der Waals surface area contributed by atoms with E-state index in [0.717, 1.165) is 12.1 Å². The van der Waals surface area contributed by atoms with Crippen molar-refractivity contribution in [3.8, 4) is 0 Å². The van der Waals surface area contributed by atoms with Gasteiger partial charge >= 0.3 is 0 Å². The van der Waals surface area contributed by atoms with Gasteiger partial charge in [-0.05, 0) is 37.6 Å². The molecule has 2 saturated heterocycles. The predicted molar refractivity (Wildman–Crippen MR) is 112 cm³/mol. The third-order valence-electron chi connectivity index (χ3n) is 6.04. The number of furan rings is 1. The molecule has 1 aromatic heterocycles. The largest absolute Gasteiger partial charge is 0.459 e. The molecule has 0 bridgehead atoms. The van der Waals surface area contributed by atoms with Gasteiger partial charge in [0.1, 0.15) is 6.10 Å². The van der Waals surface area contributed by atoms with Crippen LogP contribution in [0, 0.1) is 0 Å². The van der Waals surface area contributed by atoms with Gasteiger partial charge in [0.2, 0.25) is 0 Å². The first kappa shape index (κ1) is 20.6. The normalized spacial score (nSPS) is 21.5. The molecule has 2 aromatic rings. The first-order chi connectivity index (χ1) is 14.5. The number of rotatable bonds is 4. The molecule has 2 aliphatic heterocycles. The summed E-state index contributed by atoms with van der Waals surface area (Å²) < 4.78 is 11.7. The van der Waals surface area contributed by atoms with Crippen LogP contribution in [-0.2, 0) is 16.1 Å². The summed E-state index contributed by atoms with van der Waals surface area (Å²) >= 11 is 0. The molecule has 1 atom stereocenters. The van der Waals surface area contributed by atoms with Crippen LogP contribution in [0.3, 0.4) is 0 Å². The van der Waals surface area contributed by atoms with E-state index >= 15 is 0 Å². The number of benzene rings is 1. The fourth-order valence-electron chi connectivity index (χ4n) is 4.47. The van der Waals surface area contributed by atoms with Gasteiger partial charge in [0.05, 0.1) is 11.9 Å². The molecule has 7 heteroatoms. The van der Waals surface area contributed by atoms with Crippen LogP contribution in [0.5, 0.6) is 0 Å². The zero-order valence-corrected chi connectivity index (χ0v) is 17.6. The molecule has 1 unspecified atom stereocenters. The first-order valence-electron chi connectivity index (χ1n) is 10.4. The van der Waals surface area contributed by atoms with Crippen molar-refractivity contribution >= 4 is 11.8 Å². The highest BCUT2D eigenvalue weighted by molar-refractivity contribution is 5.91. The van der Waals surface area contributed by atoms with Gasteiger partial charge in [-0.3, -0.25) is 9.59 Å². The van der Waals surface area contributed by atoms with Crippen LogP contribution < -0.4 is 0 Å². The van der Waals surface area contributed by atoms with Gasteiger partial charge in [0, 0.05) is 39.8 Å². The van der Waals surface area contributed by atoms with Gasteiger partial charge in [-0.15, -0.1) is 0 Å². The van der Waals surface area contributed by atoms with Gasteiger partial charge in [-0.2, -0.15) is 0 Å². The Balaban J connectivity index is 1.38. The van der Waals surface area contributed by atoms with Crippen molar-refractivity contribution in [3.05, 3.63) is 60.1 Å². The molecule has 2 amide bonds. The third-order valence-corrected chi connectivity index (χ3v) is 6.04. The lowest BCUT2D eigenvalue weighted by molar-refractivity contribution is -0.186. The van der Waals surface area contributed by atoms with E-state index in [1.165, 1.54) is 6.26 Å². The van der Waals surface area contributed by atoms with Gasteiger partial charge < -0.3 is 23.9 Å². The summed E-state index contributed by atoms with van der Waals surface area (Å²) in [5.41, 5.74) is 0.692. The quantitative estimate of drug-likeness (QED) is 0.772. The Morgan fingerprint density at radius 3 is 2.53 bits per heavy atom. The van der Waals surface area contributed by atoms with Crippen LogP contribution in [0.15, 0.2) is 53.1 Å². The molecule has 2 fully saturated rings. The van der Waals surface area contributed by atoms with Crippen molar-refractivity contribution in [2.45, 2.75) is 31.1 Å². The number of nitrogens with zero attached hydrogens (tertiary/aromatic N) is 3. The molecule has 0 radical (unpaired) electrons. The molecule has 1 aromatic carbocycles. The molecule has 0 aliphatic carbocycles. The Morgan fingerprint density at radius 1 is 1.13 bits per heavy atom. The van der Waals surface area contributed by atoms with E-state index in [4.69, 9.17) is 9.15 Å². The summed E-state index contributed by atoms with van der Waals surface area (Å²) in [7, 11) is 3.85. The van der Waals surface area contributed by atoms with Crippen molar-refractivity contribution in [3.63, 3.8) is 0 Å². The Labute approximate surface area is 177 Å². The fraction of sp³-hybridized carbons (Fsp3) is 0.478. The Kier molecular flexibility index (Phi) is 5.92.